The number of fused-ring (bicyclic) bond motifs is 1. The molecule has 0 heterocycles. The highest BCUT2D eigenvalue weighted by atomic mass is 19.1. The molecule has 1 aliphatic rings. The zero-order valence-electron chi connectivity index (χ0n) is 10.2. The van der Waals surface area contributed by atoms with E-state index in [0.29, 0.717) is 5.56 Å². The van der Waals surface area contributed by atoms with E-state index in [1.807, 2.05) is 6.07 Å². The summed E-state index contributed by atoms with van der Waals surface area (Å²) in [6.45, 7) is 3.56. The van der Waals surface area contributed by atoms with Crippen LogP contribution in [0.3, 0.4) is 0 Å². The van der Waals surface area contributed by atoms with Crippen LogP contribution >= 0.6 is 0 Å². The zero-order chi connectivity index (χ0) is 12.6. The standard InChI is InChI=1S/C14H17FO2/c1-14(2,8-13(16)17)11-6-9-4-3-5-10(9)7-12(11)15/h6-7H,3-5,8H2,1-2H3,(H,16,17). The smallest absolute Gasteiger partial charge is 0.304 e. The van der Waals surface area contributed by atoms with Crippen molar-refractivity contribution in [2.75, 3.05) is 0 Å². The molecule has 0 saturated heterocycles. The summed E-state index contributed by atoms with van der Waals surface area (Å²) in [6.07, 6.45) is 2.93. The molecule has 0 amide bonds. The maximum Gasteiger partial charge on any atom is 0.304 e. The maximum atomic E-state index is 14.0. The van der Waals surface area contributed by atoms with E-state index in [4.69, 9.17) is 5.11 Å². The van der Waals surface area contributed by atoms with Gasteiger partial charge in [-0.2, -0.15) is 0 Å². The highest BCUT2D eigenvalue weighted by Gasteiger charge is 2.28. The minimum absolute atomic E-state index is 0.0529. The topological polar surface area (TPSA) is 37.3 Å². The van der Waals surface area contributed by atoms with Gasteiger partial charge in [0.1, 0.15) is 5.82 Å². The SMILES string of the molecule is CC(C)(CC(=O)O)c1cc2c(cc1F)CCC2. The van der Waals surface area contributed by atoms with Crippen molar-refractivity contribution < 1.29 is 14.3 Å². The number of benzene rings is 1. The fourth-order valence-electron chi connectivity index (χ4n) is 2.59. The minimum atomic E-state index is -0.894. The lowest BCUT2D eigenvalue weighted by Gasteiger charge is -2.24. The molecular formula is C14H17FO2. The van der Waals surface area contributed by atoms with Gasteiger partial charge in [0.15, 0.2) is 0 Å². The Kier molecular flexibility index (Phi) is 2.94. The van der Waals surface area contributed by atoms with Gasteiger partial charge in [-0.15, -0.1) is 0 Å². The molecule has 2 nitrogen and oxygen atoms in total. The van der Waals surface area contributed by atoms with E-state index in [0.717, 1.165) is 24.8 Å². The van der Waals surface area contributed by atoms with Gasteiger partial charge < -0.3 is 5.11 Å². The van der Waals surface area contributed by atoms with E-state index in [-0.39, 0.29) is 12.2 Å². The average Bonchev–Trinajstić information content (AvgIpc) is 2.60. The van der Waals surface area contributed by atoms with Crippen molar-refractivity contribution in [2.45, 2.75) is 44.9 Å². The predicted molar refractivity (Wildman–Crippen MR) is 63.7 cm³/mol. The third kappa shape index (κ3) is 2.33. The molecule has 0 fully saturated rings. The Morgan fingerprint density at radius 3 is 2.53 bits per heavy atom. The van der Waals surface area contributed by atoms with Crippen LogP contribution in [0.15, 0.2) is 12.1 Å². The number of carboxylic acid groups (broad SMARTS) is 1. The number of halogens is 1. The normalized spacial score (nSPS) is 14.8. The van der Waals surface area contributed by atoms with E-state index in [1.54, 1.807) is 19.9 Å². The van der Waals surface area contributed by atoms with E-state index in [1.165, 1.54) is 5.56 Å². The van der Waals surface area contributed by atoms with Crippen molar-refractivity contribution >= 4 is 5.97 Å². The van der Waals surface area contributed by atoms with Crippen LogP contribution in [0.4, 0.5) is 4.39 Å². The highest BCUT2D eigenvalue weighted by Crippen LogP contribution is 2.33. The summed E-state index contributed by atoms with van der Waals surface area (Å²) >= 11 is 0. The molecule has 1 aromatic carbocycles. The number of aryl methyl sites for hydroxylation is 2. The monoisotopic (exact) mass is 236 g/mol. The van der Waals surface area contributed by atoms with Crippen molar-refractivity contribution in [1.29, 1.82) is 0 Å². The molecule has 17 heavy (non-hydrogen) atoms. The van der Waals surface area contributed by atoms with Crippen molar-refractivity contribution in [3.8, 4) is 0 Å². The molecule has 0 bridgehead atoms. The molecule has 1 aliphatic carbocycles. The molecule has 0 atom stereocenters. The Morgan fingerprint density at radius 2 is 1.94 bits per heavy atom. The summed E-state index contributed by atoms with van der Waals surface area (Å²) in [7, 11) is 0. The first-order valence-corrected chi connectivity index (χ1v) is 5.94. The number of carbonyl (C=O) groups is 1. The molecule has 3 heteroatoms. The van der Waals surface area contributed by atoms with Crippen LogP contribution in [0.25, 0.3) is 0 Å². The summed E-state index contributed by atoms with van der Waals surface area (Å²) in [4.78, 5) is 10.8. The quantitative estimate of drug-likeness (QED) is 0.875. The molecule has 0 radical (unpaired) electrons. The Hall–Kier alpha value is -1.38. The molecule has 92 valence electrons. The fraction of sp³-hybridized carbons (Fsp3) is 0.500. The van der Waals surface area contributed by atoms with Crippen LogP contribution in [-0.4, -0.2) is 11.1 Å². The summed E-state index contributed by atoms with van der Waals surface area (Å²) < 4.78 is 14.0. The molecule has 0 saturated carbocycles. The lowest BCUT2D eigenvalue weighted by molar-refractivity contribution is -0.138. The molecule has 0 spiro atoms. The summed E-state index contributed by atoms with van der Waals surface area (Å²) in [5, 5.41) is 8.87. The highest BCUT2D eigenvalue weighted by molar-refractivity contribution is 5.69. The van der Waals surface area contributed by atoms with Gasteiger partial charge in [-0.1, -0.05) is 19.9 Å². The van der Waals surface area contributed by atoms with Crippen LogP contribution in [0.2, 0.25) is 0 Å². The fourth-order valence-corrected chi connectivity index (χ4v) is 2.59. The first-order valence-electron chi connectivity index (χ1n) is 5.94. The lowest BCUT2D eigenvalue weighted by Crippen LogP contribution is -2.23. The number of rotatable bonds is 3. The first kappa shape index (κ1) is 12.1. The van der Waals surface area contributed by atoms with Crippen molar-refractivity contribution in [2.24, 2.45) is 0 Å². The van der Waals surface area contributed by atoms with Gasteiger partial charge in [-0.3, -0.25) is 4.79 Å². The largest absolute Gasteiger partial charge is 0.481 e. The predicted octanol–water partition coefficient (Wildman–Crippen LogP) is 3.07. The Labute approximate surface area is 100 Å². The number of hydrogen-bond acceptors (Lipinski definition) is 1. The van der Waals surface area contributed by atoms with Gasteiger partial charge in [0.25, 0.3) is 0 Å². The van der Waals surface area contributed by atoms with E-state index >= 15 is 0 Å². The van der Waals surface area contributed by atoms with Gasteiger partial charge in [0, 0.05) is 5.41 Å². The minimum Gasteiger partial charge on any atom is -0.481 e. The second kappa shape index (κ2) is 4.13. The van der Waals surface area contributed by atoms with E-state index in [9.17, 15) is 9.18 Å². The summed E-state index contributed by atoms with van der Waals surface area (Å²) in [5.74, 6) is -1.16. The molecule has 1 aromatic rings. The van der Waals surface area contributed by atoms with Crippen LogP contribution in [-0.2, 0) is 23.1 Å². The lowest BCUT2D eigenvalue weighted by atomic mass is 9.80. The van der Waals surface area contributed by atoms with Gasteiger partial charge in [0.2, 0.25) is 0 Å². The van der Waals surface area contributed by atoms with Gasteiger partial charge in [0.05, 0.1) is 6.42 Å². The van der Waals surface area contributed by atoms with Crippen LogP contribution in [0, 0.1) is 5.82 Å². The molecule has 2 rings (SSSR count). The zero-order valence-corrected chi connectivity index (χ0v) is 10.2. The second-order valence-corrected chi connectivity index (χ2v) is 5.41. The molecule has 0 aliphatic heterocycles. The molecule has 0 unspecified atom stereocenters. The Morgan fingerprint density at radius 1 is 1.35 bits per heavy atom. The summed E-state index contributed by atoms with van der Waals surface area (Å²) in [5.41, 5.74) is 2.13. The van der Waals surface area contributed by atoms with Crippen molar-refractivity contribution in [3.05, 3.63) is 34.6 Å². The van der Waals surface area contributed by atoms with Crippen LogP contribution < -0.4 is 0 Å². The Bertz CT molecular complexity index is 464. The number of aliphatic carboxylic acids is 1. The molecular weight excluding hydrogens is 219 g/mol. The maximum absolute atomic E-state index is 14.0. The number of hydrogen-bond donors (Lipinski definition) is 1. The second-order valence-electron chi connectivity index (χ2n) is 5.41. The van der Waals surface area contributed by atoms with Crippen molar-refractivity contribution in [1.82, 2.24) is 0 Å². The third-order valence-corrected chi connectivity index (χ3v) is 3.50. The Balaban J connectivity index is 2.41. The third-order valence-electron chi connectivity index (χ3n) is 3.50. The first-order chi connectivity index (χ1) is 7.90. The van der Waals surface area contributed by atoms with Crippen LogP contribution in [0.5, 0.6) is 0 Å². The van der Waals surface area contributed by atoms with Gasteiger partial charge >= 0.3 is 5.97 Å². The number of carboxylic acids is 1. The van der Waals surface area contributed by atoms with Gasteiger partial charge in [-0.05, 0) is 42.0 Å². The van der Waals surface area contributed by atoms with E-state index in [2.05, 4.69) is 0 Å². The van der Waals surface area contributed by atoms with Crippen LogP contribution in [0.1, 0.15) is 43.4 Å². The van der Waals surface area contributed by atoms with Gasteiger partial charge in [-0.25, -0.2) is 4.39 Å². The summed E-state index contributed by atoms with van der Waals surface area (Å²) in [6, 6.07) is 3.45. The molecule has 1 N–H and O–H groups in total. The van der Waals surface area contributed by atoms with Crippen molar-refractivity contribution in [3.63, 3.8) is 0 Å². The van der Waals surface area contributed by atoms with E-state index < -0.39 is 11.4 Å². The molecule has 0 aromatic heterocycles. The average molecular weight is 236 g/mol.